The molecule has 0 aromatic rings. The first-order chi connectivity index (χ1) is 8.05. The van der Waals surface area contributed by atoms with Gasteiger partial charge >= 0.3 is 0 Å². The van der Waals surface area contributed by atoms with Crippen molar-refractivity contribution in [2.45, 2.75) is 33.1 Å². The van der Waals surface area contributed by atoms with Crippen molar-refractivity contribution in [3.8, 4) is 0 Å². The summed E-state index contributed by atoms with van der Waals surface area (Å²) in [6, 6.07) is 0. The lowest BCUT2D eigenvalue weighted by atomic mass is 9.95. The van der Waals surface area contributed by atoms with Crippen molar-refractivity contribution >= 4 is 15.9 Å². The predicted octanol–water partition coefficient (Wildman–Crippen LogP) is 0.793. The number of oxime groups is 1. The third-order valence-electron chi connectivity index (χ3n) is 3.01. The van der Waals surface area contributed by atoms with Gasteiger partial charge in [0.05, 0.1) is 5.71 Å². The largest absolute Gasteiger partial charge is 0.411 e. The molecule has 7 heteroatoms. The summed E-state index contributed by atoms with van der Waals surface area (Å²) in [4.78, 5) is 0. The van der Waals surface area contributed by atoms with E-state index in [0.717, 1.165) is 12.8 Å². The summed E-state index contributed by atoms with van der Waals surface area (Å²) in [5.41, 5.74) is 0.703. The van der Waals surface area contributed by atoms with Crippen LogP contribution >= 0.6 is 0 Å². The lowest BCUT2D eigenvalue weighted by Gasteiger charge is -2.31. The second-order valence-corrected chi connectivity index (χ2v) is 5.96. The van der Waals surface area contributed by atoms with Crippen LogP contribution in [0.5, 0.6) is 0 Å². The summed E-state index contributed by atoms with van der Waals surface area (Å²) < 4.78 is 27.8. The van der Waals surface area contributed by atoms with E-state index in [9.17, 15) is 8.42 Å². The Morgan fingerprint density at radius 3 is 2.76 bits per heavy atom. The molecule has 0 radical (unpaired) electrons. The fourth-order valence-electron chi connectivity index (χ4n) is 1.92. The van der Waals surface area contributed by atoms with E-state index in [0.29, 0.717) is 31.8 Å². The van der Waals surface area contributed by atoms with Crippen LogP contribution in [0, 0.1) is 5.92 Å². The third-order valence-corrected chi connectivity index (χ3v) is 4.59. The molecule has 1 atom stereocenters. The summed E-state index contributed by atoms with van der Waals surface area (Å²) in [6.07, 6.45) is 2.05. The molecule has 1 aliphatic rings. The van der Waals surface area contributed by atoms with E-state index >= 15 is 0 Å². The van der Waals surface area contributed by atoms with Crippen LogP contribution in [0.15, 0.2) is 5.16 Å². The van der Waals surface area contributed by atoms with E-state index in [1.165, 1.54) is 4.31 Å². The van der Waals surface area contributed by atoms with Crippen molar-refractivity contribution in [2.24, 2.45) is 11.1 Å². The Hall–Kier alpha value is -0.660. The average molecular weight is 263 g/mol. The van der Waals surface area contributed by atoms with E-state index in [-0.39, 0.29) is 5.92 Å². The van der Waals surface area contributed by atoms with Gasteiger partial charge in [0.1, 0.15) is 0 Å². The molecule has 1 rings (SSSR count). The highest BCUT2D eigenvalue weighted by Crippen LogP contribution is 2.19. The maximum atomic E-state index is 11.9. The molecule has 1 unspecified atom stereocenters. The van der Waals surface area contributed by atoms with Gasteiger partial charge in [0, 0.05) is 32.0 Å². The summed E-state index contributed by atoms with van der Waals surface area (Å²) in [6.45, 7) is 5.12. The van der Waals surface area contributed by atoms with Crippen LogP contribution in [0.25, 0.3) is 0 Å². The highest BCUT2D eigenvalue weighted by Gasteiger charge is 2.31. The molecule has 0 amide bonds. The molecule has 0 spiro atoms. The van der Waals surface area contributed by atoms with Crippen LogP contribution in [-0.4, -0.2) is 43.3 Å². The topological polar surface area (TPSA) is 82.0 Å². The van der Waals surface area contributed by atoms with Crippen molar-refractivity contribution in [3.05, 3.63) is 0 Å². The van der Waals surface area contributed by atoms with Crippen LogP contribution in [0.4, 0.5) is 0 Å². The Balaban J connectivity index is 2.69. The minimum atomic E-state index is -3.37. The quantitative estimate of drug-likeness (QED) is 0.568. The zero-order valence-corrected chi connectivity index (χ0v) is 11.2. The summed E-state index contributed by atoms with van der Waals surface area (Å²) in [7, 11) is -3.37. The molecule has 0 aromatic carbocycles. The molecule has 1 fully saturated rings. The zero-order chi connectivity index (χ0) is 12.9. The monoisotopic (exact) mass is 263 g/mol. The summed E-state index contributed by atoms with van der Waals surface area (Å²) in [5, 5.41) is 12.1. The van der Waals surface area contributed by atoms with E-state index in [1.807, 2.05) is 13.8 Å². The molecule has 100 valence electrons. The molecule has 0 bridgehead atoms. The number of piperidine rings is 1. The van der Waals surface area contributed by atoms with Gasteiger partial charge < -0.3 is 5.21 Å². The SMILES string of the molecule is CCCNS(=O)(=O)N1CCC(=NO)C(CC)C1. The molecule has 1 saturated heterocycles. The van der Waals surface area contributed by atoms with Crippen molar-refractivity contribution in [3.63, 3.8) is 0 Å². The number of nitrogens with one attached hydrogen (secondary N) is 1. The average Bonchev–Trinajstić information content (AvgIpc) is 2.35. The molecule has 0 aromatic heterocycles. The van der Waals surface area contributed by atoms with Crippen molar-refractivity contribution in [1.29, 1.82) is 0 Å². The molecule has 6 nitrogen and oxygen atoms in total. The van der Waals surface area contributed by atoms with Crippen molar-refractivity contribution in [1.82, 2.24) is 9.03 Å². The Bertz CT molecular complexity index is 367. The van der Waals surface area contributed by atoms with Gasteiger partial charge in [0.15, 0.2) is 0 Å². The van der Waals surface area contributed by atoms with Crippen LogP contribution in [-0.2, 0) is 10.2 Å². The van der Waals surface area contributed by atoms with Crippen molar-refractivity contribution in [2.75, 3.05) is 19.6 Å². The molecular weight excluding hydrogens is 242 g/mol. The standard InChI is InChI=1S/C10H21N3O3S/c1-3-6-11-17(15,16)13-7-5-10(12-14)9(4-2)8-13/h9,11,14H,3-8H2,1-2H3. The second kappa shape index (κ2) is 6.32. The maximum Gasteiger partial charge on any atom is 0.279 e. The second-order valence-electron chi connectivity index (χ2n) is 4.20. The minimum absolute atomic E-state index is 0.0203. The van der Waals surface area contributed by atoms with E-state index < -0.39 is 10.2 Å². The summed E-state index contributed by atoms with van der Waals surface area (Å²) >= 11 is 0. The van der Waals surface area contributed by atoms with E-state index in [2.05, 4.69) is 9.88 Å². The van der Waals surface area contributed by atoms with E-state index in [4.69, 9.17) is 5.21 Å². The Morgan fingerprint density at radius 2 is 2.24 bits per heavy atom. The van der Waals surface area contributed by atoms with E-state index in [1.54, 1.807) is 0 Å². The first kappa shape index (κ1) is 14.4. The Kier molecular flexibility index (Phi) is 5.35. The van der Waals surface area contributed by atoms with Gasteiger partial charge in [-0.15, -0.1) is 0 Å². The lowest BCUT2D eigenvalue weighted by Crippen LogP contribution is -2.48. The number of nitrogens with zero attached hydrogens (tertiary/aromatic N) is 2. The predicted molar refractivity (Wildman–Crippen MR) is 66.4 cm³/mol. The Labute approximate surface area is 103 Å². The summed E-state index contributed by atoms with van der Waals surface area (Å²) in [5.74, 6) is 0.0203. The minimum Gasteiger partial charge on any atom is -0.411 e. The molecule has 17 heavy (non-hydrogen) atoms. The van der Waals surface area contributed by atoms with Gasteiger partial charge in [-0.1, -0.05) is 19.0 Å². The molecule has 1 aliphatic heterocycles. The van der Waals surface area contributed by atoms with Gasteiger partial charge in [0.2, 0.25) is 0 Å². The fourth-order valence-corrected chi connectivity index (χ4v) is 3.28. The molecule has 0 saturated carbocycles. The van der Waals surface area contributed by atoms with Gasteiger partial charge in [-0.25, -0.2) is 4.72 Å². The van der Waals surface area contributed by atoms with Gasteiger partial charge in [-0.3, -0.25) is 0 Å². The van der Waals surface area contributed by atoms with Crippen molar-refractivity contribution < 1.29 is 13.6 Å². The zero-order valence-electron chi connectivity index (χ0n) is 10.4. The number of rotatable bonds is 5. The van der Waals surface area contributed by atoms with Crippen LogP contribution in [0.3, 0.4) is 0 Å². The third kappa shape index (κ3) is 3.65. The normalized spacial score (nSPS) is 25.3. The van der Waals surface area contributed by atoms with Crippen LogP contribution in [0.2, 0.25) is 0 Å². The Morgan fingerprint density at radius 1 is 1.53 bits per heavy atom. The van der Waals surface area contributed by atoms with Crippen LogP contribution in [0.1, 0.15) is 33.1 Å². The highest BCUT2D eigenvalue weighted by molar-refractivity contribution is 7.87. The van der Waals surface area contributed by atoms with Gasteiger partial charge in [0.25, 0.3) is 10.2 Å². The van der Waals surface area contributed by atoms with Gasteiger partial charge in [-0.05, 0) is 12.8 Å². The molecule has 2 N–H and O–H groups in total. The lowest BCUT2D eigenvalue weighted by molar-refractivity contribution is 0.295. The number of hydrogen-bond donors (Lipinski definition) is 2. The maximum absolute atomic E-state index is 11.9. The fraction of sp³-hybridized carbons (Fsp3) is 0.900. The molecular formula is C10H21N3O3S. The van der Waals surface area contributed by atoms with Gasteiger partial charge in [-0.2, -0.15) is 12.7 Å². The number of hydrogen-bond acceptors (Lipinski definition) is 4. The molecule has 1 heterocycles. The van der Waals surface area contributed by atoms with Crippen LogP contribution < -0.4 is 4.72 Å². The first-order valence-corrected chi connectivity index (χ1v) is 7.44. The highest BCUT2D eigenvalue weighted by atomic mass is 32.2. The molecule has 0 aliphatic carbocycles. The smallest absolute Gasteiger partial charge is 0.279 e. The first-order valence-electron chi connectivity index (χ1n) is 6.00.